The Kier molecular flexibility index (Phi) is 8.58. The molecule has 2 rings (SSSR count). The Morgan fingerprint density at radius 3 is 2.91 bits per heavy atom. The Balaban J connectivity index is 0.00000264. The zero-order valence-electron chi connectivity index (χ0n) is 13.5. The molecule has 5 nitrogen and oxygen atoms in total. The van der Waals surface area contributed by atoms with Crippen molar-refractivity contribution in [2.24, 2.45) is 5.73 Å². The number of halogens is 1. The minimum Gasteiger partial charge on any atom is -0.350 e. The second-order valence-electron chi connectivity index (χ2n) is 5.72. The Morgan fingerprint density at radius 2 is 2.30 bits per heavy atom. The first kappa shape index (κ1) is 19.9. The van der Waals surface area contributed by atoms with E-state index in [1.165, 1.54) is 11.3 Å². The number of carbonyl (C=O) groups is 2. The van der Waals surface area contributed by atoms with E-state index in [1.54, 1.807) is 4.90 Å². The standard InChI is InChI=1S/C16H25N3O2S.ClH/c1-2-3-6-12(11-17)18-15(20)13-7-4-9-19(13)16(21)14-8-5-10-22-14;/h5,8,10,12-13H,2-4,6-7,9,11,17H2,1H3,(H,18,20);1H. The number of nitrogens with zero attached hydrogens (tertiary/aromatic N) is 1. The third-order valence-electron chi connectivity index (χ3n) is 4.09. The molecule has 23 heavy (non-hydrogen) atoms. The van der Waals surface area contributed by atoms with Gasteiger partial charge in [-0.05, 0) is 30.7 Å². The van der Waals surface area contributed by atoms with Crippen molar-refractivity contribution in [3.05, 3.63) is 22.4 Å². The molecule has 1 aliphatic rings. The van der Waals surface area contributed by atoms with Crippen molar-refractivity contribution in [1.82, 2.24) is 10.2 Å². The summed E-state index contributed by atoms with van der Waals surface area (Å²) in [7, 11) is 0. The lowest BCUT2D eigenvalue weighted by Crippen LogP contribution is -2.50. The summed E-state index contributed by atoms with van der Waals surface area (Å²) in [6, 6.07) is 3.32. The average Bonchev–Trinajstić information content (AvgIpc) is 3.21. The van der Waals surface area contributed by atoms with Crippen LogP contribution in [0.3, 0.4) is 0 Å². The van der Waals surface area contributed by atoms with E-state index < -0.39 is 0 Å². The maximum Gasteiger partial charge on any atom is 0.264 e. The van der Waals surface area contributed by atoms with Crippen LogP contribution >= 0.6 is 23.7 Å². The van der Waals surface area contributed by atoms with Gasteiger partial charge in [-0.1, -0.05) is 25.8 Å². The van der Waals surface area contributed by atoms with Crippen molar-refractivity contribution >= 4 is 35.6 Å². The minimum absolute atomic E-state index is 0. The third-order valence-corrected chi connectivity index (χ3v) is 4.94. The van der Waals surface area contributed by atoms with Crippen molar-refractivity contribution in [2.45, 2.75) is 51.1 Å². The Bertz CT molecular complexity index is 496. The van der Waals surface area contributed by atoms with Gasteiger partial charge in [-0.25, -0.2) is 0 Å². The smallest absolute Gasteiger partial charge is 0.264 e. The summed E-state index contributed by atoms with van der Waals surface area (Å²) >= 11 is 1.42. The number of nitrogens with one attached hydrogen (secondary N) is 1. The van der Waals surface area contributed by atoms with Crippen LogP contribution in [0.2, 0.25) is 0 Å². The predicted octanol–water partition coefficient (Wildman–Crippen LogP) is 2.41. The molecule has 0 radical (unpaired) electrons. The summed E-state index contributed by atoms with van der Waals surface area (Å²) in [5.74, 6) is -0.0977. The predicted molar refractivity (Wildman–Crippen MR) is 96.1 cm³/mol. The molecule has 0 aliphatic carbocycles. The van der Waals surface area contributed by atoms with E-state index in [4.69, 9.17) is 5.73 Å². The van der Waals surface area contributed by atoms with Crippen LogP contribution in [-0.4, -0.2) is 41.9 Å². The van der Waals surface area contributed by atoms with Crippen LogP contribution in [0.1, 0.15) is 48.7 Å². The number of carbonyl (C=O) groups excluding carboxylic acids is 2. The molecule has 1 aromatic heterocycles. The Hall–Kier alpha value is -1.11. The molecular weight excluding hydrogens is 334 g/mol. The first-order chi connectivity index (χ1) is 10.7. The van der Waals surface area contributed by atoms with Gasteiger partial charge in [0.25, 0.3) is 5.91 Å². The molecule has 2 heterocycles. The summed E-state index contributed by atoms with van der Waals surface area (Å²) in [5, 5.41) is 4.90. The number of rotatable bonds is 7. The minimum atomic E-state index is -0.356. The van der Waals surface area contributed by atoms with Crippen molar-refractivity contribution in [2.75, 3.05) is 13.1 Å². The maximum absolute atomic E-state index is 12.5. The quantitative estimate of drug-likeness (QED) is 0.785. The molecule has 1 fully saturated rings. The van der Waals surface area contributed by atoms with Gasteiger partial charge in [0.2, 0.25) is 5.91 Å². The van der Waals surface area contributed by atoms with Crippen molar-refractivity contribution in [3.8, 4) is 0 Å². The Labute approximate surface area is 148 Å². The van der Waals surface area contributed by atoms with Crippen LogP contribution in [-0.2, 0) is 4.79 Å². The van der Waals surface area contributed by atoms with Gasteiger partial charge in [-0.3, -0.25) is 9.59 Å². The molecule has 1 aliphatic heterocycles. The van der Waals surface area contributed by atoms with Gasteiger partial charge in [-0.15, -0.1) is 23.7 Å². The van der Waals surface area contributed by atoms with Crippen LogP contribution in [0.5, 0.6) is 0 Å². The van der Waals surface area contributed by atoms with Gasteiger partial charge in [0.05, 0.1) is 4.88 Å². The van der Waals surface area contributed by atoms with E-state index >= 15 is 0 Å². The highest BCUT2D eigenvalue weighted by Gasteiger charge is 2.35. The monoisotopic (exact) mass is 359 g/mol. The van der Waals surface area contributed by atoms with Crippen LogP contribution < -0.4 is 11.1 Å². The molecule has 2 unspecified atom stereocenters. The zero-order valence-corrected chi connectivity index (χ0v) is 15.1. The fraction of sp³-hybridized carbons (Fsp3) is 0.625. The molecule has 130 valence electrons. The van der Waals surface area contributed by atoms with Crippen molar-refractivity contribution in [3.63, 3.8) is 0 Å². The highest BCUT2D eigenvalue weighted by Crippen LogP contribution is 2.22. The van der Waals surface area contributed by atoms with E-state index in [2.05, 4.69) is 12.2 Å². The largest absolute Gasteiger partial charge is 0.350 e. The van der Waals surface area contributed by atoms with Gasteiger partial charge in [-0.2, -0.15) is 0 Å². The number of hydrogen-bond acceptors (Lipinski definition) is 4. The summed E-state index contributed by atoms with van der Waals surface area (Å²) in [6.07, 6.45) is 4.62. The lowest BCUT2D eigenvalue weighted by Gasteiger charge is -2.26. The van der Waals surface area contributed by atoms with Gasteiger partial charge >= 0.3 is 0 Å². The molecule has 0 saturated carbocycles. The highest BCUT2D eigenvalue weighted by molar-refractivity contribution is 7.12. The number of likely N-dealkylation sites (tertiary alicyclic amines) is 1. The molecule has 2 amide bonds. The average molecular weight is 360 g/mol. The molecule has 1 aromatic rings. The molecule has 7 heteroatoms. The van der Waals surface area contributed by atoms with Gasteiger partial charge in [0, 0.05) is 19.1 Å². The third kappa shape index (κ3) is 5.19. The molecule has 1 saturated heterocycles. The number of unbranched alkanes of at least 4 members (excludes halogenated alkanes) is 1. The van der Waals surface area contributed by atoms with Crippen LogP contribution in [0.15, 0.2) is 17.5 Å². The lowest BCUT2D eigenvalue weighted by molar-refractivity contribution is -0.125. The first-order valence-electron chi connectivity index (χ1n) is 8.02. The lowest BCUT2D eigenvalue weighted by atomic mass is 10.1. The molecule has 2 atom stereocenters. The molecular formula is C16H26ClN3O2S. The van der Waals surface area contributed by atoms with Crippen LogP contribution in [0.25, 0.3) is 0 Å². The van der Waals surface area contributed by atoms with E-state index in [9.17, 15) is 9.59 Å². The van der Waals surface area contributed by atoms with E-state index in [-0.39, 0.29) is 36.3 Å². The van der Waals surface area contributed by atoms with E-state index in [1.807, 2.05) is 17.5 Å². The topological polar surface area (TPSA) is 75.4 Å². The number of amides is 2. The van der Waals surface area contributed by atoms with Gasteiger partial charge in [0.1, 0.15) is 6.04 Å². The summed E-state index contributed by atoms with van der Waals surface area (Å²) in [4.78, 5) is 27.4. The van der Waals surface area contributed by atoms with Gasteiger partial charge < -0.3 is 16.0 Å². The maximum atomic E-state index is 12.5. The zero-order chi connectivity index (χ0) is 15.9. The van der Waals surface area contributed by atoms with Crippen LogP contribution in [0.4, 0.5) is 0 Å². The summed E-state index contributed by atoms with van der Waals surface area (Å²) < 4.78 is 0. The second-order valence-corrected chi connectivity index (χ2v) is 6.67. The number of hydrogen-bond donors (Lipinski definition) is 2. The van der Waals surface area contributed by atoms with E-state index in [0.29, 0.717) is 18.0 Å². The second kappa shape index (κ2) is 9.90. The van der Waals surface area contributed by atoms with Crippen molar-refractivity contribution < 1.29 is 9.59 Å². The number of thiophene rings is 1. The first-order valence-corrected chi connectivity index (χ1v) is 8.90. The SMILES string of the molecule is CCCCC(CN)NC(=O)C1CCCN1C(=O)c1cccs1.Cl. The van der Waals surface area contributed by atoms with E-state index in [0.717, 1.165) is 32.1 Å². The normalized spacial score (nSPS) is 18.3. The van der Waals surface area contributed by atoms with Crippen molar-refractivity contribution in [1.29, 1.82) is 0 Å². The summed E-state index contributed by atoms with van der Waals surface area (Å²) in [6.45, 7) is 3.21. The molecule has 0 aromatic carbocycles. The summed E-state index contributed by atoms with van der Waals surface area (Å²) in [5.41, 5.74) is 5.74. The Morgan fingerprint density at radius 1 is 1.52 bits per heavy atom. The highest BCUT2D eigenvalue weighted by atomic mass is 35.5. The fourth-order valence-corrected chi connectivity index (χ4v) is 3.50. The number of nitrogens with two attached hydrogens (primary N) is 1. The molecule has 3 N–H and O–H groups in total. The van der Waals surface area contributed by atoms with Crippen LogP contribution in [0, 0.1) is 0 Å². The molecule has 0 bridgehead atoms. The van der Waals surface area contributed by atoms with Gasteiger partial charge in [0.15, 0.2) is 0 Å². The molecule has 0 spiro atoms. The fourth-order valence-electron chi connectivity index (χ4n) is 2.82.